The Morgan fingerprint density at radius 2 is 1.34 bits per heavy atom. The van der Waals surface area contributed by atoms with E-state index < -0.39 is 26.1 Å². The number of nitrogens with two attached hydrogens (primary N) is 3. The number of anilines is 3. The van der Waals surface area contributed by atoms with Gasteiger partial charge in [-0.05, 0) is 74.0 Å². The maximum atomic E-state index is 11.9. The van der Waals surface area contributed by atoms with E-state index >= 15 is 0 Å². The van der Waals surface area contributed by atoms with Crippen molar-refractivity contribution in [1.82, 2.24) is 19.6 Å². The topological polar surface area (TPSA) is 285 Å². The quantitative estimate of drug-likeness (QED) is 0.151. The first-order valence-corrected chi connectivity index (χ1v) is 19.3. The average molecular weight is 867 g/mol. The molecule has 2 saturated heterocycles. The molecule has 304 valence electrons. The number of allylic oxidation sites excluding steroid dienone is 2. The van der Waals surface area contributed by atoms with Gasteiger partial charge in [0.1, 0.15) is 22.6 Å². The summed E-state index contributed by atoms with van der Waals surface area (Å²) in [6, 6.07) is 15.0. The largest absolute Gasteiger partial charge is 0.555 e. The van der Waals surface area contributed by atoms with E-state index in [0.29, 0.717) is 62.0 Å². The van der Waals surface area contributed by atoms with E-state index in [4.69, 9.17) is 41.2 Å². The molecule has 2 fully saturated rings. The molecule has 0 radical (unpaired) electrons. The van der Waals surface area contributed by atoms with E-state index in [1.54, 1.807) is 29.9 Å². The lowest BCUT2D eigenvalue weighted by atomic mass is 9.76. The van der Waals surface area contributed by atoms with Crippen LogP contribution in [0.15, 0.2) is 64.2 Å². The van der Waals surface area contributed by atoms with Crippen LogP contribution in [0.5, 0.6) is 11.5 Å². The molecule has 9 N–H and O–H groups in total. The van der Waals surface area contributed by atoms with E-state index in [1.807, 2.05) is 43.3 Å². The molecule has 2 unspecified atom stereocenters. The molecule has 2 aromatic heterocycles. The number of carbonyl (C=O) groups excluding carboxylic acids is 2. The third-order valence-electron chi connectivity index (χ3n) is 9.95. The number of rotatable bonds is 6. The summed E-state index contributed by atoms with van der Waals surface area (Å²) < 4.78 is 25.6. The van der Waals surface area contributed by atoms with Gasteiger partial charge < -0.3 is 51.3 Å². The molecule has 6 heterocycles. The maximum absolute atomic E-state index is 11.9. The van der Waals surface area contributed by atoms with Crippen LogP contribution in [0.1, 0.15) is 70.6 Å². The van der Waals surface area contributed by atoms with Gasteiger partial charge in [0.25, 0.3) is 11.8 Å². The second-order valence-corrected chi connectivity index (χ2v) is 15.0. The summed E-state index contributed by atoms with van der Waals surface area (Å²) in [5.74, 6) is -0.0201. The van der Waals surface area contributed by atoms with Crippen molar-refractivity contribution in [3.05, 3.63) is 86.5 Å². The van der Waals surface area contributed by atoms with Crippen molar-refractivity contribution in [3.63, 3.8) is 0 Å². The third kappa shape index (κ3) is 9.97. The number of benzene rings is 2. The predicted molar refractivity (Wildman–Crippen MR) is 221 cm³/mol. The average Bonchev–Trinajstić information content (AvgIpc) is 3.83. The fraction of sp³-hybridized carbons (Fsp3) is 0.316. The SMILES string of the molecule is CC1=Cc2cc(Br)ccc2OB1O.CC1=Cc2cc(Nc3nn(C4COCC[C@@H]4C#N)cc3C(N)=O)ccc2OB1O.N#C[C@H]1CCOCC1n1cc(C(N)=O)c(N)n1. The highest BCUT2D eigenvalue weighted by Gasteiger charge is 2.31. The minimum atomic E-state index is -0.954. The number of nitrogens with zero attached hydrogens (tertiary/aromatic N) is 6. The van der Waals surface area contributed by atoms with Crippen LogP contribution in [0.2, 0.25) is 0 Å². The highest BCUT2D eigenvalue weighted by atomic mass is 79.9. The molecular formula is C38H41B2BrN10O8. The lowest BCUT2D eigenvalue weighted by Crippen LogP contribution is -2.29. The molecule has 0 saturated carbocycles. The first-order chi connectivity index (χ1) is 28.3. The fourth-order valence-corrected chi connectivity index (χ4v) is 7.03. The number of primary amides is 2. The Hall–Kier alpha value is -6.09. The van der Waals surface area contributed by atoms with Crippen LogP contribution in [-0.2, 0) is 9.47 Å². The summed E-state index contributed by atoms with van der Waals surface area (Å²) in [6.07, 6.45) is 8.04. The van der Waals surface area contributed by atoms with Crippen molar-refractivity contribution in [2.75, 3.05) is 37.5 Å². The molecule has 0 spiro atoms. The van der Waals surface area contributed by atoms with Crippen molar-refractivity contribution in [2.45, 2.75) is 38.8 Å². The Morgan fingerprint density at radius 3 is 1.86 bits per heavy atom. The van der Waals surface area contributed by atoms with Crippen LogP contribution in [0.4, 0.5) is 17.3 Å². The summed E-state index contributed by atoms with van der Waals surface area (Å²) in [7, 11) is -1.75. The highest BCUT2D eigenvalue weighted by molar-refractivity contribution is 9.10. The van der Waals surface area contributed by atoms with Gasteiger partial charge in [0, 0.05) is 46.9 Å². The van der Waals surface area contributed by atoms with Gasteiger partial charge in [0.05, 0.1) is 49.3 Å². The molecular weight excluding hydrogens is 826 g/mol. The minimum absolute atomic E-state index is 0.0831. The molecule has 0 aliphatic carbocycles. The van der Waals surface area contributed by atoms with Gasteiger partial charge in [-0.15, -0.1) is 0 Å². The number of fused-ring (bicyclic) bond motifs is 2. The summed E-state index contributed by atoms with van der Waals surface area (Å²) in [5.41, 5.74) is 20.7. The molecule has 21 heteroatoms. The highest BCUT2D eigenvalue weighted by Crippen LogP contribution is 2.34. The number of halogens is 1. The molecule has 4 aliphatic rings. The molecule has 59 heavy (non-hydrogen) atoms. The third-order valence-corrected chi connectivity index (χ3v) is 10.4. The van der Waals surface area contributed by atoms with Crippen molar-refractivity contribution in [3.8, 4) is 23.6 Å². The number of nitrogens with one attached hydrogen (secondary N) is 1. The van der Waals surface area contributed by atoms with Gasteiger partial charge in [-0.1, -0.05) is 28.1 Å². The van der Waals surface area contributed by atoms with Crippen molar-refractivity contribution < 1.29 is 38.4 Å². The van der Waals surface area contributed by atoms with Gasteiger partial charge >= 0.3 is 14.2 Å². The monoisotopic (exact) mass is 866 g/mol. The van der Waals surface area contributed by atoms with Crippen LogP contribution in [0.3, 0.4) is 0 Å². The minimum Gasteiger partial charge on any atom is -0.532 e. The molecule has 4 aromatic rings. The molecule has 8 rings (SSSR count). The Labute approximate surface area is 348 Å². The van der Waals surface area contributed by atoms with Crippen molar-refractivity contribution >= 4 is 71.5 Å². The number of nitriles is 2. The molecule has 2 aromatic carbocycles. The normalized spacial score (nSPS) is 20.5. The zero-order chi connectivity index (χ0) is 42.4. The smallest absolute Gasteiger partial charge is 0.532 e. The number of hydrogen-bond acceptors (Lipinski definition) is 14. The van der Waals surface area contributed by atoms with E-state index in [0.717, 1.165) is 26.8 Å². The molecule has 4 aliphatic heterocycles. The zero-order valence-corrected chi connectivity index (χ0v) is 33.7. The van der Waals surface area contributed by atoms with E-state index in [1.165, 1.54) is 10.9 Å². The Morgan fingerprint density at radius 1 is 0.831 bits per heavy atom. The standard InChI is InChI=1S/C19H20BN5O4.C10H13N5O2.C9H8BBrO2/c1-11-6-13-7-14(2-3-17(13)29-20(11)27)23-19-15(18(22)26)9-25(24-19)16-10-28-5-4-12(16)8-21;11-3-6-1-2-17-5-8(6)15-4-7(10(13)16)9(12)14-15;1-6-4-7-5-8(11)2-3-9(7)13-10(6)12/h2-3,6-7,9,12,16,27H,4-5,10H2,1H3,(H2,22,26)(H,23,24);4,6,8H,1-2,5H2,(H2,12,14)(H2,13,16);2-5,12H,1H3/t12-,16?;6-,8?;/m11./s1. The summed E-state index contributed by atoms with van der Waals surface area (Å²) in [6.45, 7) is 5.45. The number of hydrogen-bond donors (Lipinski definition) is 6. The van der Waals surface area contributed by atoms with Crippen molar-refractivity contribution in [2.24, 2.45) is 23.3 Å². The van der Waals surface area contributed by atoms with Gasteiger partial charge in [0.15, 0.2) is 11.6 Å². The fourth-order valence-electron chi connectivity index (χ4n) is 6.65. The second-order valence-electron chi connectivity index (χ2n) is 14.1. The lowest BCUT2D eigenvalue weighted by Gasteiger charge is -2.26. The summed E-state index contributed by atoms with van der Waals surface area (Å²) in [5, 5.41) is 49.2. The Balaban J connectivity index is 0.000000165. The second kappa shape index (κ2) is 18.7. The van der Waals surface area contributed by atoms with Gasteiger partial charge in [-0.2, -0.15) is 20.7 Å². The lowest BCUT2D eigenvalue weighted by molar-refractivity contribution is 0.0341. The van der Waals surface area contributed by atoms with Gasteiger partial charge in [0.2, 0.25) is 0 Å². The molecule has 2 amide bonds. The summed E-state index contributed by atoms with van der Waals surface area (Å²) >= 11 is 3.38. The number of nitrogen functional groups attached to an aromatic ring is 1. The first-order valence-electron chi connectivity index (χ1n) is 18.5. The Bertz CT molecular complexity index is 2370. The Kier molecular flexibility index (Phi) is 13.4. The van der Waals surface area contributed by atoms with Gasteiger partial charge in [-0.25, -0.2) is 0 Å². The number of aromatic nitrogens is 4. The van der Waals surface area contributed by atoms with E-state index in [2.05, 4.69) is 43.6 Å². The first kappa shape index (κ1) is 42.5. The maximum Gasteiger partial charge on any atom is 0.555 e. The summed E-state index contributed by atoms with van der Waals surface area (Å²) in [4.78, 5) is 23.0. The van der Waals surface area contributed by atoms with E-state index in [9.17, 15) is 24.9 Å². The number of ether oxygens (including phenoxy) is 2. The molecule has 18 nitrogen and oxygen atoms in total. The number of amides is 2. The van der Waals surface area contributed by atoms with Crippen LogP contribution in [0, 0.1) is 34.5 Å². The predicted octanol–water partition coefficient (Wildman–Crippen LogP) is 3.57. The molecule has 0 bridgehead atoms. The van der Waals surface area contributed by atoms with Crippen LogP contribution < -0.4 is 31.8 Å². The number of carbonyl (C=O) groups is 2. The van der Waals surface area contributed by atoms with E-state index in [-0.39, 0.29) is 40.9 Å². The van der Waals surface area contributed by atoms with Crippen LogP contribution >= 0.6 is 15.9 Å². The molecule has 4 atom stereocenters. The van der Waals surface area contributed by atoms with Crippen LogP contribution in [-0.4, -0.2) is 82.1 Å². The van der Waals surface area contributed by atoms with Gasteiger partial charge in [-0.3, -0.25) is 19.0 Å². The van der Waals surface area contributed by atoms with Crippen molar-refractivity contribution in [1.29, 1.82) is 10.5 Å². The zero-order valence-electron chi connectivity index (χ0n) is 32.1. The van der Waals surface area contributed by atoms with Crippen LogP contribution in [0.25, 0.3) is 12.2 Å².